The normalized spacial score (nSPS) is 12.2. The Morgan fingerprint density at radius 2 is 2.20 bits per heavy atom. The second kappa shape index (κ2) is 5.75. The summed E-state index contributed by atoms with van der Waals surface area (Å²) in [5.41, 5.74) is 1.56. The number of hydrogen-bond acceptors (Lipinski definition) is 4. The van der Waals surface area contributed by atoms with Crippen molar-refractivity contribution >= 4 is 5.69 Å². The summed E-state index contributed by atoms with van der Waals surface area (Å²) in [6.45, 7) is 2.19. The molecule has 1 aromatic carbocycles. The fourth-order valence-electron chi connectivity index (χ4n) is 1.99. The molecule has 2 rings (SSSR count). The summed E-state index contributed by atoms with van der Waals surface area (Å²) in [4.78, 5) is 10.5. The first-order chi connectivity index (χ1) is 9.51. The van der Waals surface area contributed by atoms with E-state index in [1.54, 1.807) is 19.1 Å². The van der Waals surface area contributed by atoms with Crippen LogP contribution in [0.25, 0.3) is 0 Å². The van der Waals surface area contributed by atoms with Crippen LogP contribution in [0.2, 0.25) is 0 Å². The first kappa shape index (κ1) is 14.1. The molecular formula is C14H16N2O4. The summed E-state index contributed by atoms with van der Waals surface area (Å²) in [6, 6.07) is 6.70. The summed E-state index contributed by atoms with van der Waals surface area (Å²) >= 11 is 0. The molecule has 1 atom stereocenters. The van der Waals surface area contributed by atoms with E-state index in [0.717, 1.165) is 11.1 Å². The fraction of sp³-hybridized carbons (Fsp3) is 0.286. The van der Waals surface area contributed by atoms with Gasteiger partial charge in [0.05, 0.1) is 18.1 Å². The van der Waals surface area contributed by atoms with Crippen molar-refractivity contribution in [1.82, 2.24) is 4.57 Å². The fourth-order valence-corrected chi connectivity index (χ4v) is 1.99. The number of aromatic nitrogens is 1. The van der Waals surface area contributed by atoms with Crippen LogP contribution >= 0.6 is 0 Å². The topological polar surface area (TPSA) is 77.5 Å². The van der Waals surface area contributed by atoms with Gasteiger partial charge < -0.3 is 14.4 Å². The van der Waals surface area contributed by atoms with Crippen LogP contribution in [0.1, 0.15) is 24.2 Å². The van der Waals surface area contributed by atoms with Crippen molar-refractivity contribution in [3.8, 4) is 5.75 Å². The summed E-state index contributed by atoms with van der Waals surface area (Å²) < 4.78 is 6.83. The Morgan fingerprint density at radius 3 is 2.75 bits per heavy atom. The van der Waals surface area contributed by atoms with Gasteiger partial charge in [0.15, 0.2) is 5.75 Å². The quantitative estimate of drug-likeness (QED) is 0.672. The second-order valence-corrected chi connectivity index (χ2v) is 4.56. The molecule has 1 aromatic heterocycles. The van der Waals surface area contributed by atoms with Gasteiger partial charge in [-0.3, -0.25) is 10.1 Å². The molecule has 0 bridgehead atoms. The van der Waals surface area contributed by atoms with E-state index in [-0.39, 0.29) is 11.4 Å². The van der Waals surface area contributed by atoms with Crippen molar-refractivity contribution in [2.45, 2.75) is 19.6 Å². The van der Waals surface area contributed by atoms with Crippen molar-refractivity contribution in [1.29, 1.82) is 0 Å². The number of nitro groups is 1. The lowest BCUT2D eigenvalue weighted by Crippen LogP contribution is -2.00. The third-order valence-electron chi connectivity index (χ3n) is 3.06. The van der Waals surface area contributed by atoms with Crippen LogP contribution in [-0.4, -0.2) is 21.7 Å². The highest BCUT2D eigenvalue weighted by Gasteiger charge is 2.15. The highest BCUT2D eigenvalue weighted by atomic mass is 16.6. The molecule has 1 N–H and O–H groups in total. The molecule has 0 saturated heterocycles. The lowest BCUT2D eigenvalue weighted by Gasteiger charge is -2.06. The highest BCUT2D eigenvalue weighted by molar-refractivity contribution is 5.48. The molecule has 0 aliphatic heterocycles. The highest BCUT2D eigenvalue weighted by Crippen LogP contribution is 2.28. The molecule has 0 aliphatic rings. The van der Waals surface area contributed by atoms with E-state index in [4.69, 9.17) is 4.74 Å². The lowest BCUT2D eigenvalue weighted by molar-refractivity contribution is -0.385. The number of aliphatic hydroxyl groups excluding tert-OH is 1. The van der Waals surface area contributed by atoms with E-state index >= 15 is 0 Å². The standard InChI is InChI=1S/C14H16N2O4/c1-10(17)12-5-6-15(9-12)8-11-3-4-14(20-2)13(7-11)16(18)19/h3-7,9-10,17H,8H2,1-2H3. The van der Waals surface area contributed by atoms with Crippen LogP contribution in [0, 0.1) is 10.1 Å². The van der Waals surface area contributed by atoms with Crippen LogP contribution in [0.15, 0.2) is 36.7 Å². The Morgan fingerprint density at radius 1 is 1.45 bits per heavy atom. The van der Waals surface area contributed by atoms with Crippen LogP contribution in [-0.2, 0) is 6.54 Å². The molecule has 106 valence electrons. The van der Waals surface area contributed by atoms with Gasteiger partial charge in [0, 0.05) is 25.0 Å². The summed E-state index contributed by atoms with van der Waals surface area (Å²) in [6.07, 6.45) is 3.13. The average molecular weight is 276 g/mol. The zero-order chi connectivity index (χ0) is 14.7. The molecule has 0 radical (unpaired) electrons. The van der Waals surface area contributed by atoms with Crippen LogP contribution in [0.3, 0.4) is 0 Å². The zero-order valence-corrected chi connectivity index (χ0v) is 11.3. The number of ether oxygens (including phenoxy) is 1. The average Bonchev–Trinajstić information content (AvgIpc) is 2.87. The molecule has 1 unspecified atom stereocenters. The molecular weight excluding hydrogens is 260 g/mol. The van der Waals surface area contributed by atoms with Crippen LogP contribution < -0.4 is 4.74 Å². The Hall–Kier alpha value is -2.34. The number of rotatable bonds is 5. The summed E-state index contributed by atoms with van der Waals surface area (Å²) in [7, 11) is 1.41. The number of nitrogens with zero attached hydrogens (tertiary/aromatic N) is 2. The molecule has 6 heteroatoms. The van der Waals surface area contributed by atoms with E-state index in [0.29, 0.717) is 6.54 Å². The third kappa shape index (κ3) is 2.97. The van der Waals surface area contributed by atoms with Crippen molar-refractivity contribution in [2.24, 2.45) is 0 Å². The van der Waals surface area contributed by atoms with Gasteiger partial charge in [-0.15, -0.1) is 0 Å². The van der Waals surface area contributed by atoms with Gasteiger partial charge in [-0.05, 0) is 30.2 Å². The van der Waals surface area contributed by atoms with Crippen LogP contribution in [0.4, 0.5) is 5.69 Å². The van der Waals surface area contributed by atoms with Crippen molar-refractivity contribution < 1.29 is 14.8 Å². The molecule has 0 spiro atoms. The number of aliphatic hydroxyl groups is 1. The zero-order valence-electron chi connectivity index (χ0n) is 11.3. The van der Waals surface area contributed by atoms with Gasteiger partial charge in [-0.25, -0.2) is 0 Å². The molecule has 2 aromatic rings. The van der Waals surface area contributed by atoms with Gasteiger partial charge in [0.2, 0.25) is 0 Å². The van der Waals surface area contributed by atoms with Crippen molar-refractivity contribution in [3.63, 3.8) is 0 Å². The maximum Gasteiger partial charge on any atom is 0.311 e. The minimum absolute atomic E-state index is 0.0482. The first-order valence-electron chi connectivity index (χ1n) is 6.16. The summed E-state index contributed by atoms with van der Waals surface area (Å²) in [5.74, 6) is 0.246. The van der Waals surface area contributed by atoms with Gasteiger partial charge >= 0.3 is 5.69 Å². The van der Waals surface area contributed by atoms with Crippen LogP contribution in [0.5, 0.6) is 5.75 Å². The molecule has 0 amide bonds. The van der Waals surface area contributed by atoms with Crippen molar-refractivity contribution in [2.75, 3.05) is 7.11 Å². The molecule has 1 heterocycles. The van der Waals surface area contributed by atoms with Gasteiger partial charge in [0.25, 0.3) is 0 Å². The molecule has 0 fully saturated rings. The smallest absolute Gasteiger partial charge is 0.311 e. The Kier molecular flexibility index (Phi) is 4.05. The maximum absolute atomic E-state index is 11.0. The van der Waals surface area contributed by atoms with E-state index in [9.17, 15) is 15.2 Å². The second-order valence-electron chi connectivity index (χ2n) is 4.56. The number of nitro benzene ring substituents is 1. The number of benzene rings is 1. The number of hydrogen-bond donors (Lipinski definition) is 1. The van der Waals surface area contributed by atoms with E-state index < -0.39 is 11.0 Å². The van der Waals surface area contributed by atoms with E-state index in [1.807, 2.05) is 23.0 Å². The van der Waals surface area contributed by atoms with Gasteiger partial charge in [0.1, 0.15) is 0 Å². The minimum atomic E-state index is -0.526. The van der Waals surface area contributed by atoms with Crippen molar-refractivity contribution in [3.05, 3.63) is 57.9 Å². The maximum atomic E-state index is 11.0. The molecule has 0 saturated carbocycles. The number of methoxy groups -OCH3 is 1. The minimum Gasteiger partial charge on any atom is -0.490 e. The Labute approximate surface area is 116 Å². The molecule has 6 nitrogen and oxygen atoms in total. The lowest BCUT2D eigenvalue weighted by atomic mass is 10.2. The molecule has 0 aliphatic carbocycles. The van der Waals surface area contributed by atoms with Gasteiger partial charge in [-0.1, -0.05) is 6.07 Å². The largest absolute Gasteiger partial charge is 0.490 e. The van der Waals surface area contributed by atoms with E-state index in [1.165, 1.54) is 13.2 Å². The monoisotopic (exact) mass is 276 g/mol. The first-order valence-corrected chi connectivity index (χ1v) is 6.16. The van der Waals surface area contributed by atoms with Gasteiger partial charge in [-0.2, -0.15) is 0 Å². The summed E-state index contributed by atoms with van der Waals surface area (Å²) in [5, 5.41) is 20.4. The third-order valence-corrected chi connectivity index (χ3v) is 3.06. The predicted molar refractivity (Wildman–Crippen MR) is 73.8 cm³/mol. The Bertz CT molecular complexity index is 619. The van der Waals surface area contributed by atoms with E-state index in [2.05, 4.69) is 0 Å². The Balaban J connectivity index is 2.24. The predicted octanol–water partition coefficient (Wildman–Crippen LogP) is 2.51. The molecule has 20 heavy (non-hydrogen) atoms. The SMILES string of the molecule is COc1ccc(Cn2ccc(C(C)O)c2)cc1[N+](=O)[O-].